The van der Waals surface area contributed by atoms with Crippen molar-refractivity contribution in [3.63, 3.8) is 0 Å². The van der Waals surface area contributed by atoms with Crippen LogP contribution in [0.2, 0.25) is 0 Å². The van der Waals surface area contributed by atoms with Gasteiger partial charge in [0.1, 0.15) is 23.6 Å². The highest BCUT2D eigenvalue weighted by atomic mass is 16.5. The van der Waals surface area contributed by atoms with Crippen molar-refractivity contribution in [3.8, 4) is 11.5 Å². The molecule has 154 valence electrons. The molecule has 2 aromatic carbocycles. The number of benzene rings is 2. The van der Waals surface area contributed by atoms with Crippen LogP contribution in [0.25, 0.3) is 6.08 Å². The molecule has 0 radical (unpaired) electrons. The van der Waals surface area contributed by atoms with Crippen LogP contribution in [-0.2, 0) is 4.79 Å². The van der Waals surface area contributed by atoms with E-state index in [1.807, 2.05) is 53.4 Å². The van der Waals surface area contributed by atoms with Gasteiger partial charge < -0.3 is 14.4 Å². The molecule has 0 N–H and O–H groups in total. The summed E-state index contributed by atoms with van der Waals surface area (Å²) in [6, 6.07) is 16.4. The second-order valence-corrected chi connectivity index (χ2v) is 8.83. The number of carbonyl (C=O) groups excluding carboxylic acids is 1. The van der Waals surface area contributed by atoms with Crippen molar-refractivity contribution < 1.29 is 14.3 Å². The summed E-state index contributed by atoms with van der Waals surface area (Å²) in [6.07, 6.45) is 5.33. The van der Waals surface area contributed by atoms with Gasteiger partial charge in [-0.1, -0.05) is 18.2 Å². The summed E-state index contributed by atoms with van der Waals surface area (Å²) in [5, 5.41) is 0. The van der Waals surface area contributed by atoms with Gasteiger partial charge in [0.25, 0.3) is 0 Å². The average molecular weight is 402 g/mol. The zero-order valence-electron chi connectivity index (χ0n) is 17.2. The van der Waals surface area contributed by atoms with Crippen molar-refractivity contribution in [2.75, 3.05) is 31.7 Å². The van der Waals surface area contributed by atoms with E-state index in [9.17, 15) is 4.79 Å². The highest BCUT2D eigenvalue weighted by molar-refractivity contribution is 6.03. The van der Waals surface area contributed by atoms with E-state index >= 15 is 0 Å². The van der Waals surface area contributed by atoms with Crippen molar-refractivity contribution in [1.82, 2.24) is 4.90 Å². The fourth-order valence-corrected chi connectivity index (χ4v) is 6.17. The number of amides is 1. The summed E-state index contributed by atoms with van der Waals surface area (Å²) in [4.78, 5) is 18.2. The molecule has 3 atom stereocenters. The smallest absolute Gasteiger partial charge is 0.247 e. The zero-order chi connectivity index (χ0) is 20.3. The van der Waals surface area contributed by atoms with E-state index in [1.165, 1.54) is 5.57 Å². The monoisotopic (exact) mass is 402 g/mol. The Kier molecular flexibility index (Phi) is 3.97. The number of nitrogens with zero attached hydrogens (tertiary/aromatic N) is 2. The van der Waals surface area contributed by atoms with Crippen molar-refractivity contribution in [2.45, 2.75) is 30.8 Å². The molecule has 30 heavy (non-hydrogen) atoms. The number of rotatable bonds is 3. The molecule has 1 spiro atoms. The molecule has 5 heteroatoms. The summed E-state index contributed by atoms with van der Waals surface area (Å²) in [6.45, 7) is 2.39. The molecular weight excluding hydrogens is 376 g/mol. The molecule has 2 aromatic rings. The summed E-state index contributed by atoms with van der Waals surface area (Å²) in [5.74, 6) is 2.40. The van der Waals surface area contributed by atoms with E-state index < -0.39 is 0 Å². The Morgan fingerprint density at radius 1 is 1.17 bits per heavy atom. The fourth-order valence-electron chi connectivity index (χ4n) is 6.17. The van der Waals surface area contributed by atoms with Crippen LogP contribution >= 0.6 is 0 Å². The van der Waals surface area contributed by atoms with Crippen LogP contribution < -0.4 is 14.4 Å². The fraction of sp³-hybridized carbons (Fsp3) is 0.400. The van der Waals surface area contributed by atoms with Crippen molar-refractivity contribution >= 4 is 17.7 Å². The maximum absolute atomic E-state index is 13.7. The number of hydrogen-bond donors (Lipinski definition) is 0. The third-order valence-electron chi connectivity index (χ3n) is 7.50. The van der Waals surface area contributed by atoms with E-state index in [-0.39, 0.29) is 17.5 Å². The molecule has 0 aliphatic carbocycles. The minimum atomic E-state index is -0.337. The first-order valence-electron chi connectivity index (χ1n) is 10.9. The van der Waals surface area contributed by atoms with Gasteiger partial charge in [0.05, 0.1) is 7.11 Å². The van der Waals surface area contributed by atoms with Crippen molar-refractivity contribution in [3.05, 3.63) is 59.7 Å². The van der Waals surface area contributed by atoms with E-state index in [0.717, 1.165) is 55.1 Å². The van der Waals surface area contributed by atoms with Crippen LogP contribution in [0.5, 0.6) is 11.5 Å². The summed E-state index contributed by atoms with van der Waals surface area (Å²) in [5.41, 5.74) is 3.04. The van der Waals surface area contributed by atoms with Gasteiger partial charge in [-0.3, -0.25) is 9.69 Å². The quantitative estimate of drug-likeness (QED) is 0.784. The van der Waals surface area contributed by atoms with E-state index in [2.05, 4.69) is 11.0 Å². The van der Waals surface area contributed by atoms with Crippen LogP contribution in [-0.4, -0.2) is 49.2 Å². The number of carbonyl (C=O) groups is 1. The van der Waals surface area contributed by atoms with Gasteiger partial charge >= 0.3 is 0 Å². The van der Waals surface area contributed by atoms with Crippen LogP contribution in [0.15, 0.2) is 54.1 Å². The number of methoxy groups -OCH3 is 1. The second kappa shape index (κ2) is 6.61. The molecule has 0 unspecified atom stereocenters. The Bertz CT molecular complexity index is 1030. The van der Waals surface area contributed by atoms with Gasteiger partial charge in [0.15, 0.2) is 0 Å². The molecule has 6 rings (SSSR count). The first kappa shape index (κ1) is 18.0. The molecule has 4 aliphatic heterocycles. The third kappa shape index (κ3) is 2.42. The summed E-state index contributed by atoms with van der Waals surface area (Å²) >= 11 is 0. The van der Waals surface area contributed by atoms with Gasteiger partial charge in [-0.2, -0.15) is 0 Å². The number of ether oxygens (including phenoxy) is 2. The molecule has 0 bridgehead atoms. The SMILES string of the molecule is COc1ccc2c(c1)C=C([C@@H]1C[C@H]3CN(c4ccccc4)C(=O)[C@]34CCCN14)CO2. The number of para-hydroxylation sites is 1. The lowest BCUT2D eigenvalue weighted by Crippen LogP contribution is -2.52. The van der Waals surface area contributed by atoms with E-state index in [0.29, 0.717) is 12.5 Å². The van der Waals surface area contributed by atoms with Crippen LogP contribution in [0.1, 0.15) is 24.8 Å². The number of hydrogen-bond acceptors (Lipinski definition) is 4. The predicted molar refractivity (Wildman–Crippen MR) is 116 cm³/mol. The normalized spacial score (nSPS) is 29.8. The molecule has 0 saturated carbocycles. The standard InChI is InChI=1S/C25H26N2O3/c1-29-21-8-9-23-17(13-21)12-18(16-30-23)22-14-19-15-26(20-6-3-2-4-7-20)24(28)25(19)10-5-11-27(22)25/h2-4,6-9,12-13,19,22H,5,10-11,14-16H2,1H3/t19-,22-,25-/m0/s1. The van der Waals surface area contributed by atoms with Gasteiger partial charge in [-0.15, -0.1) is 0 Å². The lowest BCUT2D eigenvalue weighted by Gasteiger charge is -2.35. The van der Waals surface area contributed by atoms with Gasteiger partial charge in [0.2, 0.25) is 5.91 Å². The maximum Gasteiger partial charge on any atom is 0.247 e. The van der Waals surface area contributed by atoms with E-state index in [1.54, 1.807) is 7.11 Å². The minimum absolute atomic E-state index is 0.277. The molecule has 3 fully saturated rings. The first-order valence-corrected chi connectivity index (χ1v) is 10.9. The van der Waals surface area contributed by atoms with E-state index in [4.69, 9.17) is 9.47 Å². The Morgan fingerprint density at radius 3 is 2.87 bits per heavy atom. The third-order valence-corrected chi connectivity index (χ3v) is 7.50. The lowest BCUT2D eigenvalue weighted by molar-refractivity contribution is -0.126. The molecule has 5 nitrogen and oxygen atoms in total. The van der Waals surface area contributed by atoms with Crippen molar-refractivity contribution in [2.24, 2.45) is 5.92 Å². The summed E-state index contributed by atoms with van der Waals surface area (Å²) < 4.78 is 11.5. The Balaban J connectivity index is 1.33. The van der Waals surface area contributed by atoms with Crippen LogP contribution in [0.3, 0.4) is 0 Å². The lowest BCUT2D eigenvalue weighted by atomic mass is 9.85. The Morgan fingerprint density at radius 2 is 2.03 bits per heavy atom. The van der Waals surface area contributed by atoms with Gasteiger partial charge in [0, 0.05) is 29.8 Å². The van der Waals surface area contributed by atoms with Crippen LogP contribution in [0, 0.1) is 5.92 Å². The molecular formula is C25H26N2O3. The van der Waals surface area contributed by atoms with Gasteiger partial charge in [-0.25, -0.2) is 0 Å². The highest BCUT2D eigenvalue weighted by Gasteiger charge is 2.65. The summed E-state index contributed by atoms with van der Waals surface area (Å²) in [7, 11) is 1.69. The van der Waals surface area contributed by atoms with Gasteiger partial charge in [-0.05, 0) is 67.8 Å². The second-order valence-electron chi connectivity index (χ2n) is 8.83. The Hall–Kier alpha value is -2.79. The number of fused-ring (bicyclic) bond motifs is 1. The topological polar surface area (TPSA) is 42.0 Å². The predicted octanol–water partition coefficient (Wildman–Crippen LogP) is 3.74. The minimum Gasteiger partial charge on any atom is -0.497 e. The molecule has 1 amide bonds. The van der Waals surface area contributed by atoms with Crippen LogP contribution in [0.4, 0.5) is 5.69 Å². The molecule has 4 heterocycles. The zero-order valence-corrected chi connectivity index (χ0v) is 17.2. The molecule has 3 saturated heterocycles. The Labute approximate surface area is 176 Å². The largest absolute Gasteiger partial charge is 0.497 e. The average Bonchev–Trinajstić information content (AvgIpc) is 3.43. The molecule has 4 aliphatic rings. The maximum atomic E-state index is 13.7. The van der Waals surface area contributed by atoms with Crippen molar-refractivity contribution in [1.29, 1.82) is 0 Å². The number of anilines is 1. The molecule has 0 aromatic heterocycles. The first-order chi connectivity index (χ1) is 14.7. The highest BCUT2D eigenvalue weighted by Crippen LogP contribution is 2.54.